The second-order valence-electron chi connectivity index (χ2n) is 10.1. The third-order valence-corrected chi connectivity index (χ3v) is 9.61. The molecule has 8 nitrogen and oxygen atoms in total. The van der Waals surface area contributed by atoms with Crippen molar-refractivity contribution in [1.29, 1.82) is 0 Å². The number of fused-ring (bicyclic) bond motifs is 1. The highest BCUT2D eigenvalue weighted by Gasteiger charge is 2.32. The molecule has 1 N–H and O–H groups in total. The Hall–Kier alpha value is -4.06. The standard InChI is InChI=1S/C32H26BrN5O3S2/c1-18(2)20-10-12-21(13-11-20)27-26(28(39)37-22-8-5-4-6-9-22)19(3)36-32-38(27)29(40)25(42-32)17-23-16-24(33)30(41-23)43-31-34-14-7-15-35-31/h4-18,27H,1-3H3,(H,37,39)/b25-17+/t27-/m1/s1. The predicted octanol–water partition coefficient (Wildman–Crippen LogP) is 6.29. The number of para-hydroxylation sites is 1. The Labute approximate surface area is 264 Å². The number of hydrogen-bond acceptors (Lipinski definition) is 8. The SMILES string of the molecule is CC1=C(C(=O)Nc2ccccc2)[C@@H](c2ccc(C(C)C)cc2)n2c(s/c(=C/c3cc(Br)c(Sc4ncccn4)o3)c2=O)=N1. The summed E-state index contributed by atoms with van der Waals surface area (Å²) < 4.78 is 8.81. The van der Waals surface area contributed by atoms with Crippen molar-refractivity contribution in [2.45, 2.75) is 43.0 Å². The molecular weight excluding hydrogens is 646 g/mol. The molecule has 5 aromatic rings. The summed E-state index contributed by atoms with van der Waals surface area (Å²) >= 11 is 6.08. The minimum absolute atomic E-state index is 0.257. The quantitative estimate of drug-likeness (QED) is 0.204. The molecule has 43 heavy (non-hydrogen) atoms. The highest BCUT2D eigenvalue weighted by atomic mass is 79.9. The van der Waals surface area contributed by atoms with Crippen molar-refractivity contribution in [3.05, 3.63) is 131 Å². The Bertz CT molecular complexity index is 2020. The van der Waals surface area contributed by atoms with Gasteiger partial charge in [0.15, 0.2) is 15.1 Å². The molecule has 0 fully saturated rings. The number of rotatable bonds is 7. The van der Waals surface area contributed by atoms with Crippen LogP contribution in [0.2, 0.25) is 0 Å². The third kappa shape index (κ3) is 6.06. The Morgan fingerprint density at radius 1 is 1.09 bits per heavy atom. The number of nitrogens with one attached hydrogen (secondary N) is 1. The van der Waals surface area contributed by atoms with Gasteiger partial charge in [-0.25, -0.2) is 15.0 Å². The van der Waals surface area contributed by atoms with E-state index in [1.165, 1.54) is 28.7 Å². The summed E-state index contributed by atoms with van der Waals surface area (Å²) in [5, 5.41) is 4.11. The number of benzene rings is 2. The summed E-state index contributed by atoms with van der Waals surface area (Å²) in [5.74, 6) is 0.531. The van der Waals surface area contributed by atoms with Gasteiger partial charge in [0, 0.05) is 24.2 Å². The fraction of sp³-hybridized carbons (Fsp3) is 0.156. The lowest BCUT2D eigenvalue weighted by Crippen LogP contribution is -2.40. The average molecular weight is 673 g/mol. The lowest BCUT2D eigenvalue weighted by Gasteiger charge is -2.25. The maximum atomic E-state index is 14.0. The summed E-state index contributed by atoms with van der Waals surface area (Å²) in [6, 6.07) is 20.2. The number of thiazole rings is 1. The van der Waals surface area contributed by atoms with E-state index in [-0.39, 0.29) is 11.5 Å². The van der Waals surface area contributed by atoms with E-state index in [0.29, 0.717) is 48.2 Å². The van der Waals surface area contributed by atoms with Gasteiger partial charge in [-0.05, 0) is 75.9 Å². The van der Waals surface area contributed by atoms with Crippen LogP contribution in [0.3, 0.4) is 0 Å². The first kappa shape index (κ1) is 29.0. The van der Waals surface area contributed by atoms with E-state index >= 15 is 0 Å². The second kappa shape index (κ2) is 12.3. The number of nitrogens with zero attached hydrogens (tertiary/aromatic N) is 4. The number of allylic oxidation sites excluding steroid dienone is 1. The molecule has 1 aliphatic rings. The van der Waals surface area contributed by atoms with Crippen LogP contribution in [0.25, 0.3) is 6.08 Å². The molecule has 0 bridgehead atoms. The number of furan rings is 1. The molecule has 216 valence electrons. The highest BCUT2D eigenvalue weighted by molar-refractivity contribution is 9.10. The number of amides is 1. The fourth-order valence-electron chi connectivity index (χ4n) is 4.77. The number of carbonyl (C=O) groups is 1. The van der Waals surface area contributed by atoms with Crippen LogP contribution in [-0.4, -0.2) is 20.4 Å². The topological polar surface area (TPSA) is 102 Å². The van der Waals surface area contributed by atoms with Crippen LogP contribution in [-0.2, 0) is 4.79 Å². The van der Waals surface area contributed by atoms with Crippen molar-refractivity contribution >= 4 is 56.7 Å². The summed E-state index contributed by atoms with van der Waals surface area (Å²) in [4.78, 5) is 41.5. The molecule has 11 heteroatoms. The predicted molar refractivity (Wildman–Crippen MR) is 172 cm³/mol. The first-order chi connectivity index (χ1) is 20.8. The molecular formula is C32H26BrN5O3S2. The van der Waals surface area contributed by atoms with Gasteiger partial charge in [-0.1, -0.05) is 67.6 Å². The van der Waals surface area contributed by atoms with Crippen LogP contribution in [0, 0.1) is 0 Å². The van der Waals surface area contributed by atoms with E-state index in [4.69, 9.17) is 9.41 Å². The lowest BCUT2D eigenvalue weighted by molar-refractivity contribution is -0.113. The molecule has 0 aliphatic carbocycles. The Balaban J connectivity index is 1.44. The molecule has 1 amide bonds. The maximum absolute atomic E-state index is 14.0. The summed E-state index contributed by atoms with van der Waals surface area (Å²) in [7, 11) is 0. The first-order valence-electron chi connectivity index (χ1n) is 13.5. The molecule has 1 aliphatic heterocycles. The van der Waals surface area contributed by atoms with E-state index in [9.17, 15) is 9.59 Å². The molecule has 4 heterocycles. The molecule has 2 aromatic carbocycles. The van der Waals surface area contributed by atoms with Gasteiger partial charge in [-0.3, -0.25) is 14.2 Å². The third-order valence-electron chi connectivity index (χ3n) is 6.89. The Morgan fingerprint density at radius 3 is 2.51 bits per heavy atom. The normalized spacial score (nSPS) is 15.0. The van der Waals surface area contributed by atoms with Crippen molar-refractivity contribution in [3.63, 3.8) is 0 Å². The molecule has 0 radical (unpaired) electrons. The van der Waals surface area contributed by atoms with Gasteiger partial charge in [0.1, 0.15) is 5.76 Å². The van der Waals surface area contributed by atoms with E-state index in [1.807, 2.05) is 61.5 Å². The van der Waals surface area contributed by atoms with E-state index in [1.54, 1.807) is 35.2 Å². The van der Waals surface area contributed by atoms with Crippen LogP contribution < -0.4 is 20.2 Å². The van der Waals surface area contributed by atoms with Crippen molar-refractivity contribution < 1.29 is 9.21 Å². The molecule has 0 saturated heterocycles. The van der Waals surface area contributed by atoms with Crippen LogP contribution in [0.1, 0.15) is 49.6 Å². The van der Waals surface area contributed by atoms with E-state index in [2.05, 4.69) is 45.1 Å². The molecule has 0 unspecified atom stereocenters. The van der Waals surface area contributed by atoms with E-state index in [0.717, 1.165) is 10.0 Å². The van der Waals surface area contributed by atoms with Crippen molar-refractivity contribution in [2.24, 2.45) is 4.99 Å². The average Bonchev–Trinajstić information content (AvgIpc) is 3.50. The molecule has 1 atom stereocenters. The van der Waals surface area contributed by atoms with Gasteiger partial charge < -0.3 is 9.73 Å². The van der Waals surface area contributed by atoms with Gasteiger partial charge >= 0.3 is 0 Å². The maximum Gasteiger partial charge on any atom is 0.271 e. The Morgan fingerprint density at radius 2 is 1.81 bits per heavy atom. The van der Waals surface area contributed by atoms with Crippen molar-refractivity contribution in [1.82, 2.24) is 14.5 Å². The summed E-state index contributed by atoms with van der Waals surface area (Å²) in [6.45, 7) is 6.07. The van der Waals surface area contributed by atoms with Gasteiger partial charge in [-0.15, -0.1) is 0 Å². The second-order valence-corrected chi connectivity index (χ2v) is 12.9. The number of carbonyl (C=O) groups excluding carboxylic acids is 1. The zero-order valence-corrected chi connectivity index (χ0v) is 26.7. The largest absolute Gasteiger partial charge is 0.449 e. The van der Waals surface area contributed by atoms with E-state index < -0.39 is 6.04 Å². The number of anilines is 1. The summed E-state index contributed by atoms with van der Waals surface area (Å²) in [5.41, 5.74) is 3.38. The zero-order valence-electron chi connectivity index (χ0n) is 23.4. The zero-order chi connectivity index (χ0) is 30.1. The van der Waals surface area contributed by atoms with Gasteiger partial charge in [0.2, 0.25) is 0 Å². The first-order valence-corrected chi connectivity index (χ1v) is 15.9. The smallest absolute Gasteiger partial charge is 0.271 e. The minimum atomic E-state index is -0.659. The van der Waals surface area contributed by atoms with Crippen LogP contribution in [0.15, 0.2) is 119 Å². The van der Waals surface area contributed by atoms with Gasteiger partial charge in [0.05, 0.1) is 26.3 Å². The highest BCUT2D eigenvalue weighted by Crippen LogP contribution is 2.35. The number of halogens is 1. The van der Waals surface area contributed by atoms with Crippen molar-refractivity contribution in [2.75, 3.05) is 5.32 Å². The fourth-order valence-corrected chi connectivity index (χ4v) is 7.03. The Kier molecular flexibility index (Phi) is 8.29. The van der Waals surface area contributed by atoms with Gasteiger partial charge in [0.25, 0.3) is 11.5 Å². The number of aromatic nitrogens is 3. The molecule has 0 spiro atoms. The van der Waals surface area contributed by atoms with Crippen LogP contribution in [0.4, 0.5) is 5.69 Å². The molecule has 3 aromatic heterocycles. The van der Waals surface area contributed by atoms with Gasteiger partial charge in [-0.2, -0.15) is 0 Å². The summed E-state index contributed by atoms with van der Waals surface area (Å²) in [6.07, 6.45) is 5.03. The minimum Gasteiger partial charge on any atom is -0.449 e. The van der Waals surface area contributed by atoms with Crippen LogP contribution >= 0.6 is 39.0 Å². The molecule has 0 saturated carbocycles. The van der Waals surface area contributed by atoms with Crippen LogP contribution in [0.5, 0.6) is 0 Å². The lowest BCUT2D eigenvalue weighted by atomic mass is 9.93. The number of hydrogen-bond donors (Lipinski definition) is 1. The molecule has 6 rings (SSSR count). The monoisotopic (exact) mass is 671 g/mol. The van der Waals surface area contributed by atoms with Crippen molar-refractivity contribution in [3.8, 4) is 0 Å².